The van der Waals surface area contributed by atoms with Gasteiger partial charge in [0.15, 0.2) is 11.6 Å². The quantitative estimate of drug-likeness (QED) is 0.531. The molecular formula is C23H20O5. The second-order valence-corrected chi connectivity index (χ2v) is 6.42. The summed E-state index contributed by atoms with van der Waals surface area (Å²) in [5.41, 5.74) is 0.713. The van der Waals surface area contributed by atoms with Crippen molar-refractivity contribution in [1.82, 2.24) is 0 Å². The van der Waals surface area contributed by atoms with Crippen LogP contribution in [-0.2, 0) is 4.74 Å². The van der Waals surface area contributed by atoms with Crippen molar-refractivity contribution < 1.29 is 24.5 Å². The number of benzene rings is 3. The van der Waals surface area contributed by atoms with Crippen molar-refractivity contribution in [2.45, 2.75) is 13.0 Å². The van der Waals surface area contributed by atoms with E-state index in [-0.39, 0.29) is 22.6 Å². The Hall–Kier alpha value is -3.44. The van der Waals surface area contributed by atoms with Gasteiger partial charge in [-0.1, -0.05) is 60.7 Å². The van der Waals surface area contributed by atoms with E-state index in [1.54, 1.807) is 60.7 Å². The van der Waals surface area contributed by atoms with Gasteiger partial charge in [-0.05, 0) is 13.0 Å². The number of carbonyl (C=O) groups excluding carboxylic acids is 2. The summed E-state index contributed by atoms with van der Waals surface area (Å²) in [6, 6.07) is 19.1. The van der Waals surface area contributed by atoms with Crippen molar-refractivity contribution >= 4 is 11.6 Å². The highest BCUT2D eigenvalue weighted by Gasteiger charge is 2.21. The van der Waals surface area contributed by atoms with Crippen molar-refractivity contribution in [2.75, 3.05) is 6.61 Å². The van der Waals surface area contributed by atoms with Crippen molar-refractivity contribution in [1.29, 1.82) is 0 Å². The van der Waals surface area contributed by atoms with Crippen molar-refractivity contribution in [3.63, 3.8) is 0 Å². The molecule has 4 rings (SSSR count). The SMILES string of the molecule is CC1CO1.O=C(c1ccccc1)c1cc(C(=O)c2ccccc2)c(O)cc1O. The van der Waals surface area contributed by atoms with E-state index in [0.29, 0.717) is 17.2 Å². The smallest absolute Gasteiger partial charge is 0.196 e. The monoisotopic (exact) mass is 376 g/mol. The molecule has 0 amide bonds. The maximum Gasteiger partial charge on any atom is 0.196 e. The summed E-state index contributed by atoms with van der Waals surface area (Å²) >= 11 is 0. The second kappa shape index (κ2) is 8.50. The van der Waals surface area contributed by atoms with Crippen LogP contribution in [-0.4, -0.2) is 34.5 Å². The first-order chi connectivity index (χ1) is 13.5. The molecule has 3 aromatic rings. The number of carbonyl (C=O) groups is 2. The van der Waals surface area contributed by atoms with Gasteiger partial charge in [0.2, 0.25) is 0 Å². The molecule has 28 heavy (non-hydrogen) atoms. The molecular weight excluding hydrogens is 356 g/mol. The highest BCUT2D eigenvalue weighted by Crippen LogP contribution is 2.30. The standard InChI is InChI=1S/C20H14O4.C3H6O/c21-17-12-18(22)16(20(24)14-9-5-2-6-10-14)11-15(17)19(23)13-7-3-1-4-8-13;1-3-2-4-3/h1-12,21-22H;3H,2H2,1H3. The molecule has 1 aliphatic rings. The summed E-state index contributed by atoms with van der Waals surface area (Å²) in [5.74, 6) is -1.58. The summed E-state index contributed by atoms with van der Waals surface area (Å²) in [5, 5.41) is 20.0. The number of ketones is 2. The lowest BCUT2D eigenvalue weighted by atomic mass is 9.96. The molecule has 5 nitrogen and oxygen atoms in total. The minimum Gasteiger partial charge on any atom is -0.507 e. The van der Waals surface area contributed by atoms with E-state index < -0.39 is 11.6 Å². The highest BCUT2D eigenvalue weighted by molar-refractivity contribution is 6.15. The fraction of sp³-hybridized carbons (Fsp3) is 0.130. The predicted octanol–water partition coefficient (Wildman–Crippen LogP) is 3.96. The Morgan fingerprint density at radius 1 is 0.786 bits per heavy atom. The highest BCUT2D eigenvalue weighted by atomic mass is 16.6. The molecule has 1 fully saturated rings. The zero-order chi connectivity index (χ0) is 20.1. The Labute approximate surface area is 162 Å². The van der Waals surface area contributed by atoms with Crippen LogP contribution in [0.3, 0.4) is 0 Å². The molecule has 1 aliphatic heterocycles. The van der Waals surface area contributed by atoms with Crippen LogP contribution in [0.15, 0.2) is 72.8 Å². The number of hydrogen-bond donors (Lipinski definition) is 2. The maximum atomic E-state index is 12.5. The zero-order valence-corrected chi connectivity index (χ0v) is 15.3. The Kier molecular flexibility index (Phi) is 5.87. The summed E-state index contributed by atoms with van der Waals surface area (Å²) in [6.07, 6.45) is 0.583. The molecule has 0 bridgehead atoms. The van der Waals surface area contributed by atoms with Crippen LogP contribution >= 0.6 is 0 Å². The third-order valence-electron chi connectivity index (χ3n) is 4.18. The van der Waals surface area contributed by atoms with E-state index in [1.807, 2.05) is 0 Å². The number of phenols is 2. The minimum atomic E-state index is -0.421. The Bertz CT molecular complexity index is 904. The minimum absolute atomic E-state index is 0.0294. The molecule has 1 atom stereocenters. The lowest BCUT2D eigenvalue weighted by molar-refractivity contribution is 0.103. The third kappa shape index (κ3) is 4.64. The van der Waals surface area contributed by atoms with E-state index in [2.05, 4.69) is 6.92 Å². The van der Waals surface area contributed by atoms with E-state index in [0.717, 1.165) is 12.7 Å². The van der Waals surface area contributed by atoms with Crippen molar-refractivity contribution in [3.05, 3.63) is 95.1 Å². The van der Waals surface area contributed by atoms with E-state index in [4.69, 9.17) is 4.74 Å². The van der Waals surface area contributed by atoms with Gasteiger partial charge in [-0.3, -0.25) is 9.59 Å². The first kappa shape index (κ1) is 19.3. The number of aromatic hydroxyl groups is 2. The van der Waals surface area contributed by atoms with Gasteiger partial charge >= 0.3 is 0 Å². The summed E-state index contributed by atoms with van der Waals surface area (Å²) < 4.78 is 4.71. The second-order valence-electron chi connectivity index (χ2n) is 6.42. The molecule has 1 unspecified atom stereocenters. The number of rotatable bonds is 4. The molecule has 3 aromatic carbocycles. The topological polar surface area (TPSA) is 87.1 Å². The summed E-state index contributed by atoms with van der Waals surface area (Å²) in [4.78, 5) is 25.1. The fourth-order valence-electron chi connectivity index (χ4n) is 2.53. The van der Waals surface area contributed by atoms with Gasteiger partial charge in [-0.15, -0.1) is 0 Å². The molecule has 1 heterocycles. The van der Waals surface area contributed by atoms with Crippen LogP contribution in [0.4, 0.5) is 0 Å². The largest absolute Gasteiger partial charge is 0.507 e. The van der Waals surface area contributed by atoms with Gasteiger partial charge in [0.05, 0.1) is 23.8 Å². The third-order valence-corrected chi connectivity index (χ3v) is 4.18. The normalized spacial score (nSPS) is 14.5. The van der Waals surface area contributed by atoms with E-state index >= 15 is 0 Å². The first-order valence-corrected chi connectivity index (χ1v) is 8.84. The molecule has 0 radical (unpaired) electrons. The van der Waals surface area contributed by atoms with Crippen LogP contribution < -0.4 is 0 Å². The number of ether oxygens (including phenoxy) is 1. The molecule has 0 spiro atoms. The zero-order valence-electron chi connectivity index (χ0n) is 15.3. The average molecular weight is 376 g/mol. The van der Waals surface area contributed by atoms with Crippen LogP contribution in [0.2, 0.25) is 0 Å². The number of epoxide rings is 1. The number of hydrogen-bond acceptors (Lipinski definition) is 5. The average Bonchev–Trinajstić information content (AvgIpc) is 3.51. The molecule has 0 aliphatic carbocycles. The Balaban J connectivity index is 0.000000500. The molecule has 0 aromatic heterocycles. The van der Waals surface area contributed by atoms with Crippen molar-refractivity contribution in [3.8, 4) is 11.5 Å². The summed E-state index contributed by atoms with van der Waals surface area (Å²) in [7, 11) is 0. The Morgan fingerprint density at radius 3 is 1.46 bits per heavy atom. The lowest BCUT2D eigenvalue weighted by Crippen LogP contribution is -2.06. The fourth-order valence-corrected chi connectivity index (χ4v) is 2.53. The first-order valence-electron chi connectivity index (χ1n) is 8.84. The van der Waals surface area contributed by atoms with Gasteiger partial charge in [0.1, 0.15) is 11.5 Å². The Morgan fingerprint density at radius 2 is 1.14 bits per heavy atom. The predicted molar refractivity (Wildman–Crippen MR) is 105 cm³/mol. The molecule has 2 N–H and O–H groups in total. The van der Waals surface area contributed by atoms with Crippen LogP contribution in [0, 0.1) is 0 Å². The molecule has 142 valence electrons. The summed E-state index contributed by atoms with van der Waals surface area (Å²) in [6.45, 7) is 3.04. The van der Waals surface area contributed by atoms with Crippen LogP contribution in [0.1, 0.15) is 38.8 Å². The lowest BCUT2D eigenvalue weighted by Gasteiger charge is -2.09. The van der Waals surface area contributed by atoms with Gasteiger partial charge < -0.3 is 14.9 Å². The molecule has 5 heteroatoms. The van der Waals surface area contributed by atoms with Crippen molar-refractivity contribution in [2.24, 2.45) is 0 Å². The molecule has 1 saturated heterocycles. The van der Waals surface area contributed by atoms with Crippen LogP contribution in [0.5, 0.6) is 11.5 Å². The van der Waals surface area contributed by atoms with Gasteiger partial charge in [-0.2, -0.15) is 0 Å². The van der Waals surface area contributed by atoms with Crippen LogP contribution in [0.25, 0.3) is 0 Å². The van der Waals surface area contributed by atoms with Gasteiger partial charge in [0, 0.05) is 17.2 Å². The molecule has 0 saturated carbocycles. The van der Waals surface area contributed by atoms with Gasteiger partial charge in [0.25, 0.3) is 0 Å². The number of phenolic OH excluding ortho intramolecular Hbond substituents is 2. The van der Waals surface area contributed by atoms with Gasteiger partial charge in [-0.25, -0.2) is 0 Å². The van der Waals surface area contributed by atoms with E-state index in [9.17, 15) is 19.8 Å². The van der Waals surface area contributed by atoms with E-state index in [1.165, 1.54) is 6.07 Å². The maximum absolute atomic E-state index is 12.5.